The zero-order valence-electron chi connectivity index (χ0n) is 13.0. The molecule has 19 heavy (non-hydrogen) atoms. The van der Waals surface area contributed by atoms with Gasteiger partial charge in [-0.2, -0.15) is 0 Å². The summed E-state index contributed by atoms with van der Waals surface area (Å²) in [5.41, 5.74) is 0.309. The minimum atomic E-state index is -0.713. The maximum atomic E-state index is 11.3. The lowest BCUT2D eigenvalue weighted by molar-refractivity contribution is -0.140. The van der Waals surface area contributed by atoms with E-state index in [4.69, 9.17) is 0 Å². The highest BCUT2D eigenvalue weighted by atomic mass is 35.5. The molecule has 114 valence electrons. The molecule has 0 spiro atoms. The molecule has 0 amide bonds. The lowest BCUT2D eigenvalue weighted by atomic mass is 9.71. The molecule has 0 aromatic heterocycles. The van der Waals surface area contributed by atoms with Gasteiger partial charge in [0.25, 0.3) is 0 Å². The summed E-state index contributed by atoms with van der Waals surface area (Å²) in [4.78, 5) is 11.3. The zero-order valence-corrected chi connectivity index (χ0v) is 13.8. The first kappa shape index (κ1) is 18.7. The number of carboxylic acid groups (broad SMARTS) is 1. The maximum Gasteiger partial charge on any atom is 0.320 e. The molecule has 0 heterocycles. The summed E-state index contributed by atoms with van der Waals surface area (Å²) in [6.45, 7) is 10.7. The first-order valence-electron chi connectivity index (χ1n) is 7.10. The number of rotatable bonds is 4. The van der Waals surface area contributed by atoms with Crippen molar-refractivity contribution in [2.45, 2.75) is 78.3 Å². The highest BCUT2D eigenvalue weighted by molar-refractivity contribution is 5.85. The minimum Gasteiger partial charge on any atom is -0.480 e. The molecular formula is C15H30ClNO2. The van der Waals surface area contributed by atoms with E-state index in [1.165, 1.54) is 25.7 Å². The molecule has 1 aliphatic carbocycles. The van der Waals surface area contributed by atoms with Crippen molar-refractivity contribution in [1.29, 1.82) is 0 Å². The van der Waals surface area contributed by atoms with Crippen LogP contribution in [0.2, 0.25) is 0 Å². The Morgan fingerprint density at radius 3 is 2.16 bits per heavy atom. The van der Waals surface area contributed by atoms with Gasteiger partial charge in [0.15, 0.2) is 0 Å². The van der Waals surface area contributed by atoms with Crippen LogP contribution in [0.3, 0.4) is 0 Å². The van der Waals surface area contributed by atoms with E-state index in [2.05, 4.69) is 19.2 Å². The monoisotopic (exact) mass is 291 g/mol. The summed E-state index contributed by atoms with van der Waals surface area (Å²) in [7, 11) is 0. The number of aliphatic carboxylic acids is 1. The van der Waals surface area contributed by atoms with E-state index < -0.39 is 12.0 Å². The van der Waals surface area contributed by atoms with Crippen molar-refractivity contribution in [1.82, 2.24) is 5.32 Å². The van der Waals surface area contributed by atoms with Gasteiger partial charge in [-0.25, -0.2) is 0 Å². The molecule has 0 aromatic carbocycles. The van der Waals surface area contributed by atoms with Crippen molar-refractivity contribution in [3.05, 3.63) is 0 Å². The fraction of sp³-hybridized carbons (Fsp3) is 0.933. The Bertz CT molecular complexity index is 287. The molecule has 3 nitrogen and oxygen atoms in total. The van der Waals surface area contributed by atoms with Crippen LogP contribution in [0.15, 0.2) is 0 Å². The number of carbonyl (C=O) groups is 1. The molecular weight excluding hydrogens is 262 g/mol. The lowest BCUT2D eigenvalue weighted by Crippen LogP contribution is -2.48. The van der Waals surface area contributed by atoms with Gasteiger partial charge in [0.1, 0.15) is 6.04 Å². The highest BCUT2D eigenvalue weighted by Crippen LogP contribution is 2.39. The average Bonchev–Trinajstić information content (AvgIpc) is 2.18. The van der Waals surface area contributed by atoms with Crippen molar-refractivity contribution >= 4 is 18.4 Å². The smallest absolute Gasteiger partial charge is 0.320 e. The van der Waals surface area contributed by atoms with Crippen molar-refractivity contribution in [2.75, 3.05) is 0 Å². The molecule has 1 unspecified atom stereocenters. The number of carboxylic acids is 1. The van der Waals surface area contributed by atoms with Crippen LogP contribution >= 0.6 is 12.4 Å². The van der Waals surface area contributed by atoms with E-state index >= 15 is 0 Å². The van der Waals surface area contributed by atoms with Gasteiger partial charge in [0, 0.05) is 5.54 Å². The van der Waals surface area contributed by atoms with E-state index in [1.807, 2.05) is 20.8 Å². The molecule has 1 rings (SSSR count). The first-order valence-corrected chi connectivity index (χ1v) is 7.10. The topological polar surface area (TPSA) is 49.3 Å². The summed E-state index contributed by atoms with van der Waals surface area (Å²) in [5, 5.41) is 12.5. The van der Waals surface area contributed by atoms with Crippen LogP contribution in [0.4, 0.5) is 0 Å². The van der Waals surface area contributed by atoms with Crippen LogP contribution in [-0.2, 0) is 4.79 Å². The predicted octanol–water partition coefficient (Wildman–Crippen LogP) is 3.86. The Morgan fingerprint density at radius 1 is 1.32 bits per heavy atom. The molecule has 0 aliphatic heterocycles. The third-order valence-electron chi connectivity index (χ3n) is 3.93. The van der Waals surface area contributed by atoms with Crippen molar-refractivity contribution in [2.24, 2.45) is 11.3 Å². The molecule has 0 radical (unpaired) electrons. The zero-order chi connectivity index (χ0) is 14.0. The molecule has 1 atom stereocenters. The van der Waals surface area contributed by atoms with Crippen molar-refractivity contribution in [3.8, 4) is 0 Å². The van der Waals surface area contributed by atoms with Gasteiger partial charge in [-0.3, -0.25) is 10.1 Å². The average molecular weight is 292 g/mol. The molecule has 2 N–H and O–H groups in total. The second kappa shape index (κ2) is 6.94. The Hall–Kier alpha value is -0.280. The largest absolute Gasteiger partial charge is 0.480 e. The molecule has 0 bridgehead atoms. The fourth-order valence-electron chi connectivity index (χ4n) is 2.77. The minimum absolute atomic E-state index is 0. The SMILES string of the molecule is CC1(C)CCC(CC(NC(C)(C)C)C(=O)O)CC1.Cl. The predicted molar refractivity (Wildman–Crippen MR) is 81.9 cm³/mol. The Balaban J connectivity index is 0.00000324. The third kappa shape index (κ3) is 7.17. The van der Waals surface area contributed by atoms with Crippen LogP contribution in [0.25, 0.3) is 0 Å². The van der Waals surface area contributed by atoms with Crippen molar-refractivity contribution < 1.29 is 9.90 Å². The summed E-state index contributed by atoms with van der Waals surface area (Å²) >= 11 is 0. The van der Waals surface area contributed by atoms with Crippen LogP contribution in [0.5, 0.6) is 0 Å². The fourth-order valence-corrected chi connectivity index (χ4v) is 2.77. The summed E-state index contributed by atoms with van der Waals surface area (Å²) in [6, 6.07) is -0.406. The van der Waals surface area contributed by atoms with Gasteiger partial charge in [-0.15, -0.1) is 12.4 Å². The quantitative estimate of drug-likeness (QED) is 0.827. The summed E-state index contributed by atoms with van der Waals surface area (Å²) < 4.78 is 0. The van der Waals surface area contributed by atoms with Crippen LogP contribution in [0, 0.1) is 11.3 Å². The summed E-state index contributed by atoms with van der Waals surface area (Å²) in [5.74, 6) is -0.149. The maximum absolute atomic E-state index is 11.3. The van der Waals surface area contributed by atoms with Crippen LogP contribution in [-0.4, -0.2) is 22.7 Å². The molecule has 4 heteroatoms. The molecule has 1 fully saturated rings. The normalized spacial score (nSPS) is 21.5. The number of hydrogen-bond acceptors (Lipinski definition) is 2. The molecule has 0 saturated heterocycles. The Kier molecular flexibility index (Phi) is 6.84. The molecule has 1 aliphatic rings. The van der Waals surface area contributed by atoms with E-state index in [0.717, 1.165) is 6.42 Å². The Morgan fingerprint density at radius 2 is 1.79 bits per heavy atom. The van der Waals surface area contributed by atoms with E-state index in [9.17, 15) is 9.90 Å². The van der Waals surface area contributed by atoms with Gasteiger partial charge < -0.3 is 5.11 Å². The number of nitrogens with one attached hydrogen (secondary N) is 1. The summed E-state index contributed by atoms with van der Waals surface area (Å²) in [6.07, 6.45) is 5.55. The second-order valence-corrected chi connectivity index (χ2v) is 7.63. The van der Waals surface area contributed by atoms with Crippen LogP contribution < -0.4 is 5.32 Å². The second-order valence-electron chi connectivity index (χ2n) is 7.63. The van der Waals surface area contributed by atoms with Gasteiger partial charge in [0.05, 0.1) is 0 Å². The van der Waals surface area contributed by atoms with Gasteiger partial charge in [0.2, 0.25) is 0 Å². The third-order valence-corrected chi connectivity index (χ3v) is 3.93. The molecule has 1 saturated carbocycles. The number of hydrogen-bond donors (Lipinski definition) is 2. The van der Waals surface area contributed by atoms with Crippen molar-refractivity contribution in [3.63, 3.8) is 0 Å². The van der Waals surface area contributed by atoms with Gasteiger partial charge >= 0.3 is 5.97 Å². The highest BCUT2D eigenvalue weighted by Gasteiger charge is 2.31. The van der Waals surface area contributed by atoms with E-state index in [-0.39, 0.29) is 17.9 Å². The number of halogens is 1. The van der Waals surface area contributed by atoms with E-state index in [1.54, 1.807) is 0 Å². The Labute approximate surface area is 124 Å². The van der Waals surface area contributed by atoms with Gasteiger partial charge in [-0.05, 0) is 64.2 Å². The van der Waals surface area contributed by atoms with Gasteiger partial charge in [-0.1, -0.05) is 13.8 Å². The lowest BCUT2D eigenvalue weighted by Gasteiger charge is -2.36. The first-order chi connectivity index (χ1) is 8.09. The molecule has 0 aromatic rings. The van der Waals surface area contributed by atoms with Crippen LogP contribution in [0.1, 0.15) is 66.7 Å². The van der Waals surface area contributed by atoms with E-state index in [0.29, 0.717) is 11.3 Å². The standard InChI is InChI=1S/C15H29NO2.ClH/c1-14(2,3)16-12(13(17)18)10-11-6-8-15(4,5)9-7-11;/h11-12,16H,6-10H2,1-5H3,(H,17,18);1H.